The summed E-state index contributed by atoms with van der Waals surface area (Å²) in [6.45, 7) is 6.85. The van der Waals surface area contributed by atoms with Gasteiger partial charge < -0.3 is 10.2 Å². The number of amides is 1. The van der Waals surface area contributed by atoms with Crippen molar-refractivity contribution in [3.63, 3.8) is 0 Å². The third-order valence-corrected chi connectivity index (χ3v) is 7.76. The van der Waals surface area contributed by atoms with Crippen molar-refractivity contribution >= 4 is 27.3 Å². The fourth-order valence-electron chi connectivity index (χ4n) is 2.74. The highest BCUT2D eigenvalue weighted by molar-refractivity contribution is 7.91. The maximum Gasteiger partial charge on any atom is 0.252 e. The average Bonchev–Trinajstić information content (AvgIpc) is 3.02. The lowest BCUT2D eigenvalue weighted by molar-refractivity contribution is -0.119. The van der Waals surface area contributed by atoms with Crippen LogP contribution in [0.5, 0.6) is 0 Å². The van der Waals surface area contributed by atoms with Crippen molar-refractivity contribution in [2.45, 2.75) is 43.5 Å². The van der Waals surface area contributed by atoms with Gasteiger partial charge in [0.05, 0.1) is 6.54 Å². The van der Waals surface area contributed by atoms with E-state index in [4.69, 9.17) is 0 Å². The van der Waals surface area contributed by atoms with Crippen LogP contribution in [0.1, 0.15) is 31.6 Å². The molecule has 0 aromatic carbocycles. The van der Waals surface area contributed by atoms with Gasteiger partial charge in [0, 0.05) is 24.9 Å². The van der Waals surface area contributed by atoms with Crippen molar-refractivity contribution in [2.75, 3.05) is 26.7 Å². The van der Waals surface area contributed by atoms with Crippen molar-refractivity contribution in [3.05, 3.63) is 17.0 Å². The van der Waals surface area contributed by atoms with Gasteiger partial charge in [0.2, 0.25) is 5.91 Å². The molecule has 1 fully saturated rings. The molecule has 0 spiro atoms. The maximum atomic E-state index is 12.8. The van der Waals surface area contributed by atoms with Crippen molar-refractivity contribution in [1.29, 1.82) is 0 Å². The average molecular weight is 360 g/mol. The van der Waals surface area contributed by atoms with Gasteiger partial charge in [-0.25, -0.2) is 8.42 Å². The van der Waals surface area contributed by atoms with E-state index in [0.29, 0.717) is 10.8 Å². The molecule has 0 unspecified atom stereocenters. The number of likely N-dealkylation sites (tertiary alicyclic amines) is 1. The number of carbonyl (C=O) groups excluding carboxylic acids is 1. The Morgan fingerprint density at radius 1 is 1.39 bits per heavy atom. The molecule has 1 amide bonds. The Hall–Kier alpha value is -0.960. The Kier molecular flexibility index (Phi) is 6.19. The molecule has 0 saturated carbocycles. The molecule has 130 valence electrons. The highest BCUT2D eigenvalue weighted by atomic mass is 32.2. The predicted molar refractivity (Wildman–Crippen MR) is 91.9 cm³/mol. The van der Waals surface area contributed by atoms with Gasteiger partial charge in [-0.1, -0.05) is 6.92 Å². The van der Waals surface area contributed by atoms with Gasteiger partial charge in [-0.3, -0.25) is 4.79 Å². The Morgan fingerprint density at radius 2 is 2.04 bits per heavy atom. The van der Waals surface area contributed by atoms with Crippen LogP contribution in [0.25, 0.3) is 0 Å². The lowest BCUT2D eigenvalue weighted by Crippen LogP contribution is -2.45. The summed E-state index contributed by atoms with van der Waals surface area (Å²) < 4.78 is 27.4. The summed E-state index contributed by atoms with van der Waals surface area (Å²) in [5, 5.41) is 2.69. The number of thiophene rings is 1. The molecule has 23 heavy (non-hydrogen) atoms. The van der Waals surface area contributed by atoms with Gasteiger partial charge in [-0.15, -0.1) is 11.3 Å². The molecule has 1 aliphatic heterocycles. The fourth-order valence-corrected chi connectivity index (χ4v) is 5.64. The van der Waals surface area contributed by atoms with E-state index < -0.39 is 10.0 Å². The molecule has 1 aromatic rings. The van der Waals surface area contributed by atoms with Crippen LogP contribution in [-0.2, 0) is 21.4 Å². The molecule has 1 aliphatic rings. The number of hydrogen-bond donors (Lipinski definition) is 1. The molecule has 1 saturated heterocycles. The molecule has 0 aliphatic carbocycles. The van der Waals surface area contributed by atoms with Crippen LogP contribution < -0.4 is 5.32 Å². The lowest BCUT2D eigenvalue weighted by atomic mass is 10.1. The van der Waals surface area contributed by atoms with Gasteiger partial charge >= 0.3 is 0 Å². The molecule has 0 radical (unpaired) electrons. The van der Waals surface area contributed by atoms with Crippen molar-refractivity contribution in [2.24, 2.45) is 0 Å². The zero-order valence-electron chi connectivity index (χ0n) is 13.9. The SMILES string of the molecule is CCN1CCC(N(C)S(=O)(=O)c2ccc(CNC(C)=O)s2)CC1. The molecule has 2 rings (SSSR count). The van der Waals surface area contributed by atoms with E-state index in [0.717, 1.165) is 37.4 Å². The van der Waals surface area contributed by atoms with E-state index in [9.17, 15) is 13.2 Å². The standard InChI is InChI=1S/C15H25N3O3S2/c1-4-18-9-7-13(8-10-18)17(3)23(20,21)15-6-5-14(22-15)11-16-12(2)19/h5-6,13H,4,7-11H2,1-3H3,(H,16,19). The molecule has 6 nitrogen and oxygen atoms in total. The molecular weight excluding hydrogens is 334 g/mol. The zero-order chi connectivity index (χ0) is 17.0. The van der Waals surface area contributed by atoms with E-state index in [1.165, 1.54) is 22.6 Å². The van der Waals surface area contributed by atoms with Crippen LogP contribution in [0.4, 0.5) is 0 Å². The fraction of sp³-hybridized carbons (Fsp3) is 0.667. The largest absolute Gasteiger partial charge is 0.351 e. The predicted octanol–water partition coefficient (Wildman–Crippen LogP) is 1.49. The first-order valence-electron chi connectivity index (χ1n) is 7.88. The van der Waals surface area contributed by atoms with Crippen molar-refractivity contribution < 1.29 is 13.2 Å². The van der Waals surface area contributed by atoms with Crippen molar-refractivity contribution in [1.82, 2.24) is 14.5 Å². The molecule has 2 heterocycles. The molecular formula is C15H25N3O3S2. The van der Waals surface area contributed by atoms with Crippen LogP contribution in [0, 0.1) is 0 Å². The number of hydrogen-bond acceptors (Lipinski definition) is 5. The Bertz CT molecular complexity index is 634. The van der Waals surface area contributed by atoms with Gasteiger partial charge in [-0.05, 0) is 44.6 Å². The molecule has 1 aromatic heterocycles. The smallest absolute Gasteiger partial charge is 0.252 e. The second kappa shape index (κ2) is 7.74. The van der Waals surface area contributed by atoms with Gasteiger partial charge in [-0.2, -0.15) is 4.31 Å². The van der Waals surface area contributed by atoms with Crippen LogP contribution in [0.15, 0.2) is 16.3 Å². The first-order chi connectivity index (χ1) is 10.8. The number of sulfonamides is 1. The Labute approximate surface area is 142 Å². The van der Waals surface area contributed by atoms with Gasteiger partial charge in [0.1, 0.15) is 4.21 Å². The summed E-state index contributed by atoms with van der Waals surface area (Å²) in [7, 11) is -1.78. The second-order valence-corrected chi connectivity index (χ2v) is 9.21. The van der Waals surface area contributed by atoms with Crippen LogP contribution in [-0.4, -0.2) is 56.3 Å². The first kappa shape index (κ1) is 18.4. The molecule has 0 bridgehead atoms. The number of nitrogens with zero attached hydrogens (tertiary/aromatic N) is 2. The third-order valence-electron chi connectivity index (χ3n) is 4.30. The summed E-state index contributed by atoms with van der Waals surface area (Å²) in [5.41, 5.74) is 0. The van der Waals surface area contributed by atoms with Crippen LogP contribution in [0.3, 0.4) is 0 Å². The summed E-state index contributed by atoms with van der Waals surface area (Å²) >= 11 is 1.22. The quantitative estimate of drug-likeness (QED) is 0.835. The third kappa shape index (κ3) is 4.53. The Morgan fingerprint density at radius 3 is 2.61 bits per heavy atom. The van der Waals surface area contributed by atoms with E-state index in [-0.39, 0.29) is 11.9 Å². The monoisotopic (exact) mass is 359 g/mol. The van der Waals surface area contributed by atoms with E-state index in [1.54, 1.807) is 19.2 Å². The summed E-state index contributed by atoms with van der Waals surface area (Å²) in [5.74, 6) is -0.123. The lowest BCUT2D eigenvalue weighted by Gasteiger charge is -2.35. The minimum absolute atomic E-state index is 0.0590. The molecule has 1 N–H and O–H groups in total. The van der Waals surface area contributed by atoms with Crippen LogP contribution >= 0.6 is 11.3 Å². The summed E-state index contributed by atoms with van der Waals surface area (Å²) in [6.07, 6.45) is 1.74. The molecule has 0 atom stereocenters. The second-order valence-electron chi connectivity index (χ2n) is 5.82. The van der Waals surface area contributed by atoms with Gasteiger partial charge in [0.25, 0.3) is 10.0 Å². The summed E-state index contributed by atoms with van der Waals surface area (Å²) in [4.78, 5) is 14.1. The zero-order valence-corrected chi connectivity index (χ0v) is 15.5. The van der Waals surface area contributed by atoms with E-state index in [1.807, 2.05) is 0 Å². The highest BCUT2D eigenvalue weighted by Crippen LogP contribution is 2.27. The topological polar surface area (TPSA) is 69.7 Å². The number of nitrogens with one attached hydrogen (secondary N) is 1. The minimum atomic E-state index is -3.46. The minimum Gasteiger partial charge on any atom is -0.351 e. The first-order valence-corrected chi connectivity index (χ1v) is 10.1. The van der Waals surface area contributed by atoms with E-state index in [2.05, 4.69) is 17.1 Å². The van der Waals surface area contributed by atoms with Gasteiger partial charge in [0.15, 0.2) is 0 Å². The molecule has 8 heteroatoms. The number of rotatable bonds is 6. The highest BCUT2D eigenvalue weighted by Gasteiger charge is 2.31. The van der Waals surface area contributed by atoms with E-state index >= 15 is 0 Å². The number of carbonyl (C=O) groups is 1. The Balaban J connectivity index is 2.04. The normalized spacial score (nSPS) is 17.6. The van der Waals surface area contributed by atoms with Crippen LogP contribution in [0.2, 0.25) is 0 Å². The summed E-state index contributed by atoms with van der Waals surface area (Å²) in [6, 6.07) is 3.46. The maximum absolute atomic E-state index is 12.8. The number of piperidine rings is 1. The van der Waals surface area contributed by atoms with Crippen molar-refractivity contribution in [3.8, 4) is 0 Å².